The lowest BCUT2D eigenvalue weighted by molar-refractivity contribution is -0.138. The maximum absolute atomic E-state index is 12.2. The van der Waals surface area contributed by atoms with E-state index in [1.807, 2.05) is 0 Å². The lowest BCUT2D eigenvalue weighted by Crippen LogP contribution is -2.38. The molecule has 0 bridgehead atoms. The number of carbonyl (C=O) groups excluding carboxylic acids is 1. The number of hydrogen-bond acceptors (Lipinski definition) is 8. The first-order valence-electron chi connectivity index (χ1n) is 9.40. The highest BCUT2D eigenvalue weighted by molar-refractivity contribution is 5.96. The lowest BCUT2D eigenvalue weighted by Gasteiger charge is -2.16. The molecule has 0 aliphatic heterocycles. The number of carbonyl (C=O) groups is 2. The van der Waals surface area contributed by atoms with Crippen molar-refractivity contribution in [1.29, 1.82) is 0 Å². The highest BCUT2D eigenvalue weighted by Crippen LogP contribution is 2.25. The van der Waals surface area contributed by atoms with Crippen LogP contribution in [0.3, 0.4) is 0 Å². The number of aliphatic carboxylic acids is 1. The van der Waals surface area contributed by atoms with Gasteiger partial charge in [0.05, 0.1) is 11.9 Å². The molecular weight excluding hydrogens is 398 g/mol. The zero-order valence-electron chi connectivity index (χ0n) is 16.7. The van der Waals surface area contributed by atoms with Gasteiger partial charge in [-0.15, -0.1) is 12.3 Å². The molecule has 2 unspecified atom stereocenters. The van der Waals surface area contributed by atoms with Crippen LogP contribution in [0, 0.1) is 12.3 Å². The van der Waals surface area contributed by atoms with Crippen LogP contribution in [-0.4, -0.2) is 43.0 Å². The number of nitrogen functional groups attached to an aromatic ring is 2. The smallest absolute Gasteiger partial charge is 0.325 e. The number of nitrogens with one attached hydrogen (secondary N) is 1. The minimum Gasteiger partial charge on any atom is -0.480 e. The summed E-state index contributed by atoms with van der Waals surface area (Å²) in [5.74, 6) is 1.18. The average Bonchev–Trinajstić information content (AvgIpc) is 2.73. The van der Waals surface area contributed by atoms with Crippen LogP contribution in [-0.2, 0) is 11.2 Å². The van der Waals surface area contributed by atoms with E-state index in [-0.39, 0.29) is 17.7 Å². The molecule has 0 spiro atoms. The molecule has 158 valence electrons. The molecule has 0 saturated heterocycles. The summed E-state index contributed by atoms with van der Waals surface area (Å²) in [6.45, 7) is 1.40. The highest BCUT2D eigenvalue weighted by Gasteiger charge is 2.18. The molecule has 1 aromatic carbocycles. The van der Waals surface area contributed by atoms with Crippen LogP contribution < -0.4 is 16.8 Å². The fraction of sp³-hybridized carbons (Fsp3) is 0.238. The number of carboxylic acids is 1. The first-order valence-corrected chi connectivity index (χ1v) is 9.40. The number of benzene rings is 1. The van der Waals surface area contributed by atoms with Crippen molar-refractivity contribution in [3.63, 3.8) is 0 Å². The van der Waals surface area contributed by atoms with E-state index >= 15 is 0 Å². The normalized spacial score (nSPS) is 12.6. The Kier molecular flexibility index (Phi) is 6.26. The Morgan fingerprint density at radius 3 is 2.55 bits per heavy atom. The minimum absolute atomic E-state index is 0.0270. The third-order valence-electron chi connectivity index (χ3n) is 4.68. The first-order chi connectivity index (χ1) is 14.8. The molecule has 0 aliphatic carbocycles. The number of aromatic nitrogens is 4. The van der Waals surface area contributed by atoms with Crippen molar-refractivity contribution in [1.82, 2.24) is 25.3 Å². The Balaban J connectivity index is 1.81. The van der Waals surface area contributed by atoms with E-state index in [9.17, 15) is 9.59 Å². The molecule has 2 atom stereocenters. The van der Waals surface area contributed by atoms with E-state index in [0.717, 1.165) is 5.56 Å². The van der Waals surface area contributed by atoms with Gasteiger partial charge in [-0.25, -0.2) is 9.97 Å². The lowest BCUT2D eigenvalue weighted by atomic mass is 9.91. The number of hydrogen-bond donors (Lipinski definition) is 4. The summed E-state index contributed by atoms with van der Waals surface area (Å²) >= 11 is 0. The fourth-order valence-electron chi connectivity index (χ4n) is 3.03. The van der Waals surface area contributed by atoms with Crippen LogP contribution in [0.1, 0.15) is 40.9 Å². The van der Waals surface area contributed by atoms with E-state index in [4.69, 9.17) is 23.0 Å². The molecule has 0 radical (unpaired) electrons. The van der Waals surface area contributed by atoms with Crippen molar-refractivity contribution in [2.45, 2.75) is 31.7 Å². The molecule has 3 aromatic rings. The number of fused-ring (bicyclic) bond motifs is 1. The first kappa shape index (κ1) is 21.4. The highest BCUT2D eigenvalue weighted by atomic mass is 16.4. The summed E-state index contributed by atoms with van der Waals surface area (Å²) < 4.78 is 0. The molecule has 0 fully saturated rings. The Hall–Kier alpha value is -4.26. The Morgan fingerprint density at radius 2 is 1.90 bits per heavy atom. The molecule has 1 amide bonds. The van der Waals surface area contributed by atoms with Gasteiger partial charge in [0.15, 0.2) is 17.0 Å². The SMILES string of the molecule is C#CCC(Cc1cnc2nc(N)nc(N)c2n1)c1ccc(C(=O)NC(C)C(=O)O)cc1. The van der Waals surface area contributed by atoms with Gasteiger partial charge in [0, 0.05) is 17.9 Å². The molecule has 10 nitrogen and oxygen atoms in total. The van der Waals surface area contributed by atoms with Gasteiger partial charge < -0.3 is 21.9 Å². The van der Waals surface area contributed by atoms with Crippen molar-refractivity contribution < 1.29 is 14.7 Å². The Morgan fingerprint density at radius 1 is 1.19 bits per heavy atom. The third-order valence-corrected chi connectivity index (χ3v) is 4.68. The van der Waals surface area contributed by atoms with Crippen LogP contribution in [0.4, 0.5) is 11.8 Å². The van der Waals surface area contributed by atoms with Gasteiger partial charge in [-0.3, -0.25) is 9.59 Å². The average molecular weight is 419 g/mol. The summed E-state index contributed by atoms with van der Waals surface area (Å²) in [7, 11) is 0. The van der Waals surface area contributed by atoms with Gasteiger partial charge in [-0.1, -0.05) is 12.1 Å². The monoisotopic (exact) mass is 419 g/mol. The molecule has 0 aliphatic rings. The topological polar surface area (TPSA) is 170 Å². The second-order valence-electron chi connectivity index (χ2n) is 6.97. The van der Waals surface area contributed by atoms with Crippen LogP contribution >= 0.6 is 0 Å². The Labute approximate surface area is 178 Å². The summed E-state index contributed by atoms with van der Waals surface area (Å²) in [5, 5.41) is 11.3. The summed E-state index contributed by atoms with van der Waals surface area (Å²) in [5.41, 5.74) is 14.1. The second-order valence-corrected chi connectivity index (χ2v) is 6.97. The Bertz CT molecular complexity index is 1170. The summed E-state index contributed by atoms with van der Waals surface area (Å²) in [4.78, 5) is 39.8. The number of nitrogens with two attached hydrogens (primary N) is 2. The predicted molar refractivity (Wildman–Crippen MR) is 115 cm³/mol. The number of carboxylic acid groups (broad SMARTS) is 1. The maximum atomic E-state index is 12.2. The number of rotatable bonds is 7. The van der Waals surface area contributed by atoms with Crippen molar-refractivity contribution in [2.75, 3.05) is 11.5 Å². The van der Waals surface area contributed by atoms with Gasteiger partial charge in [0.2, 0.25) is 5.95 Å². The number of nitrogens with zero attached hydrogens (tertiary/aromatic N) is 4. The molecule has 6 N–H and O–H groups in total. The number of terminal acetylenes is 1. The second kappa shape index (κ2) is 9.04. The summed E-state index contributed by atoms with van der Waals surface area (Å²) in [6.07, 6.45) is 8.07. The van der Waals surface area contributed by atoms with Crippen LogP contribution in [0.25, 0.3) is 11.2 Å². The van der Waals surface area contributed by atoms with E-state index in [1.165, 1.54) is 6.92 Å². The quantitative estimate of drug-likeness (QED) is 0.410. The van der Waals surface area contributed by atoms with Gasteiger partial charge >= 0.3 is 5.97 Å². The summed E-state index contributed by atoms with van der Waals surface area (Å²) in [6, 6.07) is 5.84. The van der Waals surface area contributed by atoms with E-state index < -0.39 is 17.9 Å². The van der Waals surface area contributed by atoms with E-state index in [2.05, 4.69) is 31.2 Å². The van der Waals surface area contributed by atoms with Crippen molar-refractivity contribution in [3.8, 4) is 12.3 Å². The fourth-order valence-corrected chi connectivity index (χ4v) is 3.03. The molecule has 2 aromatic heterocycles. The number of amides is 1. The maximum Gasteiger partial charge on any atom is 0.325 e. The minimum atomic E-state index is -1.11. The van der Waals surface area contributed by atoms with Gasteiger partial charge in [-0.2, -0.15) is 9.97 Å². The molecule has 31 heavy (non-hydrogen) atoms. The molecule has 10 heteroatoms. The zero-order valence-corrected chi connectivity index (χ0v) is 16.7. The van der Waals surface area contributed by atoms with E-state index in [0.29, 0.717) is 35.3 Å². The third kappa shape index (κ3) is 5.02. The molecular formula is C21H21N7O3. The zero-order chi connectivity index (χ0) is 22.5. The van der Waals surface area contributed by atoms with Crippen LogP contribution in [0.15, 0.2) is 30.5 Å². The molecule has 2 heterocycles. The van der Waals surface area contributed by atoms with Gasteiger partial charge in [0.25, 0.3) is 5.91 Å². The van der Waals surface area contributed by atoms with E-state index in [1.54, 1.807) is 30.5 Å². The van der Waals surface area contributed by atoms with Gasteiger partial charge in [0.1, 0.15) is 6.04 Å². The predicted octanol–water partition coefficient (Wildman–Crippen LogP) is 1.14. The standard InChI is InChI=1S/C21H21N7O3/c1-3-4-14(9-15-10-24-18-16(26-15)17(22)27-21(23)28-18)12-5-7-13(8-6-12)19(29)25-11(2)20(30)31/h1,5-8,10-11,14H,4,9H2,2H3,(H,25,29)(H,30,31)(H4,22,23,24,27,28). The number of anilines is 2. The molecule has 0 saturated carbocycles. The van der Waals surface area contributed by atoms with Crippen LogP contribution in [0.5, 0.6) is 0 Å². The van der Waals surface area contributed by atoms with Crippen molar-refractivity contribution in [3.05, 3.63) is 47.3 Å². The van der Waals surface area contributed by atoms with Crippen LogP contribution in [0.2, 0.25) is 0 Å². The largest absolute Gasteiger partial charge is 0.480 e. The van der Waals surface area contributed by atoms with Crippen molar-refractivity contribution >= 4 is 34.8 Å². The molecule has 3 rings (SSSR count). The van der Waals surface area contributed by atoms with Gasteiger partial charge in [-0.05, 0) is 31.0 Å². The van der Waals surface area contributed by atoms with Crippen molar-refractivity contribution in [2.24, 2.45) is 0 Å².